The van der Waals surface area contributed by atoms with Gasteiger partial charge in [0.15, 0.2) is 0 Å². The molecule has 0 saturated heterocycles. The Morgan fingerprint density at radius 2 is 1.59 bits per heavy atom. The van der Waals surface area contributed by atoms with E-state index in [4.69, 9.17) is 0 Å². The monoisotopic (exact) mass is 303 g/mol. The van der Waals surface area contributed by atoms with Gasteiger partial charge < -0.3 is 5.32 Å². The maximum atomic E-state index is 9.21. The topological polar surface area (TPSA) is 48.7 Å². The molecule has 0 unspecified atom stereocenters. The van der Waals surface area contributed by atoms with Crippen LogP contribution in [0.3, 0.4) is 0 Å². The SMILES string of the molecule is CCCCC.Cc1nc(NCC(C)(C)C)c(C#N)c(C)c1C. The lowest BCUT2D eigenvalue weighted by Crippen LogP contribution is -2.20. The lowest BCUT2D eigenvalue weighted by molar-refractivity contribution is 0.442. The van der Waals surface area contributed by atoms with Gasteiger partial charge in [0, 0.05) is 12.2 Å². The van der Waals surface area contributed by atoms with Crippen molar-refractivity contribution in [3.05, 3.63) is 22.4 Å². The van der Waals surface area contributed by atoms with Crippen molar-refractivity contribution in [2.45, 2.75) is 74.7 Å². The maximum absolute atomic E-state index is 9.21. The summed E-state index contributed by atoms with van der Waals surface area (Å²) in [4.78, 5) is 4.47. The first-order valence-electron chi connectivity index (χ1n) is 8.29. The van der Waals surface area contributed by atoms with E-state index in [1.54, 1.807) is 0 Å². The Hall–Kier alpha value is -1.56. The molecule has 0 saturated carbocycles. The molecule has 1 rings (SSSR count). The van der Waals surface area contributed by atoms with Gasteiger partial charge in [-0.15, -0.1) is 0 Å². The van der Waals surface area contributed by atoms with Crippen LogP contribution in [0, 0.1) is 37.5 Å². The molecule has 3 heteroatoms. The summed E-state index contributed by atoms with van der Waals surface area (Å²) in [5.74, 6) is 0.711. The number of nitriles is 1. The zero-order valence-electron chi connectivity index (χ0n) is 15.7. The highest BCUT2D eigenvalue weighted by Gasteiger charge is 2.15. The first-order chi connectivity index (χ1) is 10.2. The van der Waals surface area contributed by atoms with Crippen LogP contribution in [0.1, 0.15) is 76.3 Å². The molecule has 0 spiro atoms. The zero-order chi connectivity index (χ0) is 17.3. The van der Waals surface area contributed by atoms with E-state index in [0.29, 0.717) is 11.4 Å². The summed E-state index contributed by atoms with van der Waals surface area (Å²) in [6, 6.07) is 2.24. The summed E-state index contributed by atoms with van der Waals surface area (Å²) >= 11 is 0. The molecule has 22 heavy (non-hydrogen) atoms. The van der Waals surface area contributed by atoms with Gasteiger partial charge in [0.1, 0.15) is 11.9 Å². The molecule has 1 aromatic heterocycles. The van der Waals surface area contributed by atoms with E-state index in [2.05, 4.69) is 51.0 Å². The Bertz CT molecular complexity index is 503. The largest absolute Gasteiger partial charge is 0.368 e. The van der Waals surface area contributed by atoms with E-state index in [1.807, 2.05) is 20.8 Å². The molecule has 0 fully saturated rings. The Morgan fingerprint density at radius 1 is 1.05 bits per heavy atom. The molecule has 1 N–H and O–H groups in total. The normalized spacial score (nSPS) is 10.5. The van der Waals surface area contributed by atoms with Crippen molar-refractivity contribution >= 4 is 5.82 Å². The van der Waals surface area contributed by atoms with Crippen LogP contribution < -0.4 is 5.32 Å². The van der Waals surface area contributed by atoms with E-state index in [9.17, 15) is 5.26 Å². The fraction of sp³-hybridized carbons (Fsp3) is 0.684. The second-order valence-electron chi connectivity index (χ2n) is 7.05. The molecule has 3 nitrogen and oxygen atoms in total. The van der Waals surface area contributed by atoms with E-state index in [0.717, 1.165) is 23.4 Å². The lowest BCUT2D eigenvalue weighted by Gasteiger charge is -2.20. The zero-order valence-corrected chi connectivity index (χ0v) is 15.7. The highest BCUT2D eigenvalue weighted by atomic mass is 15.0. The van der Waals surface area contributed by atoms with Gasteiger partial charge in [0.2, 0.25) is 0 Å². The molecule has 0 aliphatic rings. The van der Waals surface area contributed by atoms with Crippen molar-refractivity contribution in [2.75, 3.05) is 11.9 Å². The maximum Gasteiger partial charge on any atom is 0.144 e. The fourth-order valence-electron chi connectivity index (χ4n) is 1.91. The van der Waals surface area contributed by atoms with Crippen LogP contribution in [-0.2, 0) is 0 Å². The number of nitrogens with zero attached hydrogens (tertiary/aromatic N) is 2. The number of unbranched alkanes of at least 4 members (excludes halogenated alkanes) is 2. The van der Waals surface area contributed by atoms with E-state index >= 15 is 0 Å². The second kappa shape index (κ2) is 9.46. The number of aryl methyl sites for hydroxylation is 1. The number of rotatable bonds is 4. The molecule has 0 amide bonds. The number of nitrogens with one attached hydrogen (secondary N) is 1. The van der Waals surface area contributed by atoms with Crippen molar-refractivity contribution < 1.29 is 0 Å². The molecule has 0 radical (unpaired) electrons. The summed E-state index contributed by atoms with van der Waals surface area (Å²) in [6.45, 7) is 17.6. The van der Waals surface area contributed by atoms with Crippen LogP contribution in [0.25, 0.3) is 0 Å². The first kappa shape index (κ1) is 20.4. The van der Waals surface area contributed by atoms with E-state index in [-0.39, 0.29) is 5.41 Å². The Balaban J connectivity index is 0.000000763. The third kappa shape index (κ3) is 6.93. The molecule has 0 aliphatic heterocycles. The summed E-state index contributed by atoms with van der Waals surface area (Å²) in [6.07, 6.45) is 4.08. The second-order valence-corrected chi connectivity index (χ2v) is 7.05. The quantitative estimate of drug-likeness (QED) is 0.795. The number of anilines is 1. The molecule has 1 aromatic rings. The summed E-state index contributed by atoms with van der Waals surface area (Å²) < 4.78 is 0. The van der Waals surface area contributed by atoms with Gasteiger partial charge >= 0.3 is 0 Å². The van der Waals surface area contributed by atoms with E-state index < -0.39 is 0 Å². The van der Waals surface area contributed by atoms with Gasteiger partial charge in [0.25, 0.3) is 0 Å². The highest BCUT2D eigenvalue weighted by Crippen LogP contribution is 2.23. The van der Waals surface area contributed by atoms with E-state index in [1.165, 1.54) is 19.3 Å². The molecule has 1 heterocycles. The highest BCUT2D eigenvalue weighted by molar-refractivity contribution is 5.58. The van der Waals surface area contributed by atoms with Gasteiger partial charge in [-0.3, -0.25) is 0 Å². The molecule has 0 aromatic carbocycles. The van der Waals surface area contributed by atoms with Crippen LogP contribution in [0.5, 0.6) is 0 Å². The molecular formula is C19H33N3. The smallest absolute Gasteiger partial charge is 0.144 e. The van der Waals surface area contributed by atoms with Gasteiger partial charge in [-0.05, 0) is 37.3 Å². The summed E-state index contributed by atoms with van der Waals surface area (Å²) in [5, 5.41) is 12.5. The summed E-state index contributed by atoms with van der Waals surface area (Å²) in [7, 11) is 0. The van der Waals surface area contributed by atoms with Gasteiger partial charge in [-0.25, -0.2) is 4.98 Å². The number of hydrogen-bond acceptors (Lipinski definition) is 3. The minimum absolute atomic E-state index is 0.168. The van der Waals surface area contributed by atoms with Crippen LogP contribution in [0.2, 0.25) is 0 Å². The van der Waals surface area contributed by atoms with Crippen molar-refractivity contribution in [3.8, 4) is 6.07 Å². The third-order valence-corrected chi connectivity index (χ3v) is 3.60. The average Bonchev–Trinajstić information content (AvgIpc) is 2.43. The van der Waals surface area contributed by atoms with Crippen molar-refractivity contribution in [1.29, 1.82) is 5.26 Å². The predicted octanol–water partition coefficient (Wildman–Crippen LogP) is 5.53. The minimum atomic E-state index is 0.168. The third-order valence-electron chi connectivity index (χ3n) is 3.60. The van der Waals surface area contributed by atoms with Gasteiger partial charge in [-0.2, -0.15) is 5.26 Å². The molecule has 0 aliphatic carbocycles. The standard InChI is InChI=1S/C14H21N3.C5H12/c1-9-10(2)12(7-15)13(17-11(9)3)16-8-14(4,5)6;1-3-5-4-2/h8H2,1-6H3,(H,16,17);3-5H2,1-2H3. The van der Waals surface area contributed by atoms with Crippen LogP contribution >= 0.6 is 0 Å². The lowest BCUT2D eigenvalue weighted by atomic mass is 9.96. The van der Waals surface area contributed by atoms with Gasteiger partial charge in [0.05, 0.1) is 5.56 Å². The van der Waals surface area contributed by atoms with Crippen LogP contribution in [0.4, 0.5) is 5.82 Å². The molecular weight excluding hydrogens is 270 g/mol. The molecule has 124 valence electrons. The molecule has 0 bridgehead atoms. The van der Waals surface area contributed by atoms with Crippen molar-refractivity contribution in [1.82, 2.24) is 4.98 Å². The number of hydrogen-bond donors (Lipinski definition) is 1. The first-order valence-corrected chi connectivity index (χ1v) is 8.29. The van der Waals surface area contributed by atoms with Gasteiger partial charge in [-0.1, -0.05) is 53.9 Å². The average molecular weight is 303 g/mol. The van der Waals surface area contributed by atoms with Crippen LogP contribution in [-0.4, -0.2) is 11.5 Å². The number of aromatic nitrogens is 1. The molecule has 0 atom stereocenters. The van der Waals surface area contributed by atoms with Crippen molar-refractivity contribution in [2.24, 2.45) is 5.41 Å². The Labute approximate surface area is 137 Å². The Kier molecular flexibility index (Phi) is 8.79. The Morgan fingerprint density at radius 3 is 1.95 bits per heavy atom. The predicted molar refractivity (Wildman–Crippen MR) is 96.3 cm³/mol. The number of pyridine rings is 1. The summed E-state index contributed by atoms with van der Waals surface area (Å²) in [5.41, 5.74) is 3.94. The van der Waals surface area contributed by atoms with Crippen LogP contribution in [0.15, 0.2) is 0 Å². The minimum Gasteiger partial charge on any atom is -0.368 e. The van der Waals surface area contributed by atoms with Crippen molar-refractivity contribution in [3.63, 3.8) is 0 Å². The fourth-order valence-corrected chi connectivity index (χ4v) is 1.91.